The van der Waals surface area contributed by atoms with Crippen LogP contribution in [0, 0.1) is 16.0 Å². The van der Waals surface area contributed by atoms with Crippen LogP contribution in [0.5, 0.6) is 0 Å². The lowest BCUT2D eigenvalue weighted by Gasteiger charge is -2.37. The number of para-hydroxylation sites is 2. The number of benzene rings is 3. The molecule has 0 unspecified atom stereocenters. The van der Waals surface area contributed by atoms with Crippen molar-refractivity contribution in [2.75, 3.05) is 10.2 Å². The summed E-state index contributed by atoms with van der Waals surface area (Å²) in [5, 5.41) is 14.3. The minimum Gasteiger partial charge on any atom is -0.352 e. The summed E-state index contributed by atoms with van der Waals surface area (Å²) in [5.41, 5.74) is 1.53. The normalized spacial score (nSPS) is 23.5. The van der Waals surface area contributed by atoms with Crippen molar-refractivity contribution in [3.05, 3.63) is 136 Å². The third kappa shape index (κ3) is 3.42. The first kappa shape index (κ1) is 24.6. The zero-order valence-electron chi connectivity index (χ0n) is 21.5. The maximum absolute atomic E-state index is 14.6. The number of rotatable bonds is 5. The predicted octanol–water partition coefficient (Wildman–Crippen LogP) is 4.85. The highest BCUT2D eigenvalue weighted by molar-refractivity contribution is 6.18. The summed E-state index contributed by atoms with van der Waals surface area (Å²) >= 11 is 0. The van der Waals surface area contributed by atoms with Crippen molar-refractivity contribution in [2.24, 2.45) is 5.92 Å². The lowest BCUT2D eigenvalue weighted by atomic mass is 9.64. The Kier molecular flexibility index (Phi) is 5.43. The molecule has 1 saturated heterocycles. The molecule has 41 heavy (non-hydrogen) atoms. The number of hydrogen-bond acceptors (Lipinski definition) is 7. The number of hydrogen-bond donors (Lipinski definition) is 1. The number of aromatic nitrogens is 1. The summed E-state index contributed by atoms with van der Waals surface area (Å²) in [6.07, 6.45) is 5.33. The zero-order valence-corrected chi connectivity index (χ0v) is 21.5. The fourth-order valence-electron chi connectivity index (χ4n) is 6.71. The van der Waals surface area contributed by atoms with E-state index in [1.54, 1.807) is 24.3 Å². The molecule has 0 bridgehead atoms. The Morgan fingerprint density at radius 2 is 1.63 bits per heavy atom. The van der Waals surface area contributed by atoms with Gasteiger partial charge in [0.15, 0.2) is 11.6 Å². The Hall–Kier alpha value is -5.44. The molecule has 0 aliphatic carbocycles. The van der Waals surface area contributed by atoms with E-state index >= 15 is 0 Å². The third-order valence-corrected chi connectivity index (χ3v) is 8.37. The number of anilines is 2. The van der Waals surface area contributed by atoms with Crippen molar-refractivity contribution in [1.29, 1.82) is 0 Å². The highest BCUT2D eigenvalue weighted by Gasteiger charge is 2.70. The molecule has 4 aromatic rings. The molecule has 4 atom stereocenters. The summed E-state index contributed by atoms with van der Waals surface area (Å²) in [5.74, 6) is -2.38. The number of nitrogens with zero attached hydrogens (tertiary/aromatic N) is 3. The Bertz CT molecular complexity index is 1790. The molecule has 3 aliphatic rings. The maximum Gasteiger partial charge on any atom is 0.269 e. The van der Waals surface area contributed by atoms with Gasteiger partial charge in [0.1, 0.15) is 17.2 Å². The Labute approximate surface area is 234 Å². The molecule has 1 fully saturated rings. The first-order chi connectivity index (χ1) is 19.9. The van der Waals surface area contributed by atoms with Gasteiger partial charge in [-0.05, 0) is 47.5 Å². The van der Waals surface area contributed by atoms with Gasteiger partial charge in [0.25, 0.3) is 5.69 Å². The van der Waals surface area contributed by atoms with Gasteiger partial charge < -0.3 is 10.2 Å². The number of fused-ring (bicyclic) bond motifs is 6. The average Bonchev–Trinajstić information content (AvgIpc) is 3.49. The van der Waals surface area contributed by atoms with Crippen LogP contribution in [0.15, 0.2) is 103 Å². The van der Waals surface area contributed by atoms with Crippen LogP contribution in [0.1, 0.15) is 32.0 Å². The summed E-state index contributed by atoms with van der Waals surface area (Å²) in [4.78, 5) is 60.3. The van der Waals surface area contributed by atoms with E-state index in [-0.39, 0.29) is 22.9 Å². The summed E-state index contributed by atoms with van der Waals surface area (Å²) in [7, 11) is 0. The van der Waals surface area contributed by atoms with E-state index in [0.29, 0.717) is 16.9 Å². The van der Waals surface area contributed by atoms with Crippen molar-refractivity contribution >= 4 is 40.6 Å². The van der Waals surface area contributed by atoms with E-state index in [9.17, 15) is 24.5 Å². The van der Waals surface area contributed by atoms with Crippen molar-refractivity contribution < 1.29 is 19.3 Å². The first-order valence-corrected chi connectivity index (χ1v) is 13.1. The molecule has 9 heteroatoms. The number of nitro benzene ring substituents is 1. The monoisotopic (exact) mass is 542 g/mol. The van der Waals surface area contributed by atoms with Crippen LogP contribution in [0.3, 0.4) is 0 Å². The maximum atomic E-state index is 14.6. The highest BCUT2D eigenvalue weighted by atomic mass is 16.6. The second-order valence-electron chi connectivity index (χ2n) is 10.3. The molecule has 3 aliphatic heterocycles. The number of ketones is 2. The number of carbonyl (C=O) groups is 3. The highest BCUT2D eigenvalue weighted by Crippen LogP contribution is 2.58. The van der Waals surface area contributed by atoms with Gasteiger partial charge >= 0.3 is 0 Å². The van der Waals surface area contributed by atoms with Gasteiger partial charge in [-0.1, -0.05) is 54.6 Å². The summed E-state index contributed by atoms with van der Waals surface area (Å²) in [6, 6.07) is 23.3. The molecule has 1 aromatic heterocycles. The molecular formula is C32H22N4O5. The second-order valence-corrected chi connectivity index (χ2v) is 10.3. The Balaban J connectivity index is 1.51. The Morgan fingerprint density at radius 1 is 0.902 bits per heavy atom. The van der Waals surface area contributed by atoms with Gasteiger partial charge in [0, 0.05) is 35.3 Å². The molecule has 1 N–H and O–H groups in total. The molecule has 0 saturated carbocycles. The number of carbonyl (C=O) groups excluding carboxylic acids is 3. The van der Waals surface area contributed by atoms with E-state index in [0.717, 1.165) is 5.56 Å². The standard InChI is InChI=1S/C32H22N4O5/c37-29(20-12-15-21(16-13-20)36(40)41)28-27(30(38)24-10-5-6-18-33-24)32(22-8-2-3-9-23(22)34-31(32)39)26-17-14-19-7-1-4-11-25(19)35(26)28/h1-18,26-28H,(H,34,39)/t26-,27+,28+,32-/m1/s1. The number of Topliss-reactive ketones (excluding diaryl/α,β-unsaturated/α-hetero) is 2. The molecule has 1 spiro atoms. The van der Waals surface area contributed by atoms with E-state index in [2.05, 4.69) is 10.3 Å². The fourth-order valence-corrected chi connectivity index (χ4v) is 6.71. The van der Waals surface area contributed by atoms with E-state index in [4.69, 9.17) is 0 Å². The molecule has 9 nitrogen and oxygen atoms in total. The van der Waals surface area contributed by atoms with Gasteiger partial charge in [-0.15, -0.1) is 0 Å². The SMILES string of the molecule is O=C(c1ccc([N+](=O)[O-])cc1)[C@@H]1[C@@H](C(=O)c2ccccn2)[C@]2(C(=O)Nc3ccccc32)[C@H]2C=Cc3ccccc3N12. The number of amides is 1. The van der Waals surface area contributed by atoms with Gasteiger partial charge in [-0.2, -0.15) is 0 Å². The van der Waals surface area contributed by atoms with Crippen LogP contribution in [-0.4, -0.2) is 39.5 Å². The largest absolute Gasteiger partial charge is 0.352 e. The van der Waals surface area contributed by atoms with E-state index in [1.807, 2.05) is 59.5 Å². The predicted molar refractivity (Wildman–Crippen MR) is 152 cm³/mol. The van der Waals surface area contributed by atoms with Gasteiger partial charge in [-0.25, -0.2) is 0 Å². The fraction of sp³-hybridized carbons (Fsp3) is 0.125. The van der Waals surface area contributed by atoms with Crippen LogP contribution in [0.4, 0.5) is 17.1 Å². The van der Waals surface area contributed by atoms with Gasteiger partial charge in [-0.3, -0.25) is 29.5 Å². The minimum atomic E-state index is -1.45. The minimum absolute atomic E-state index is 0.146. The number of nitro groups is 1. The average molecular weight is 543 g/mol. The van der Waals surface area contributed by atoms with Crippen molar-refractivity contribution in [2.45, 2.75) is 17.5 Å². The molecule has 7 rings (SSSR count). The number of non-ortho nitro benzene ring substituents is 1. The zero-order chi connectivity index (χ0) is 28.3. The van der Waals surface area contributed by atoms with Crippen LogP contribution in [0.25, 0.3) is 6.08 Å². The van der Waals surface area contributed by atoms with Crippen LogP contribution in [0.2, 0.25) is 0 Å². The van der Waals surface area contributed by atoms with Crippen molar-refractivity contribution in [3.8, 4) is 0 Å². The molecule has 0 radical (unpaired) electrons. The number of nitrogens with one attached hydrogen (secondary N) is 1. The molecule has 3 aromatic carbocycles. The summed E-state index contributed by atoms with van der Waals surface area (Å²) in [6.45, 7) is 0. The van der Waals surface area contributed by atoms with E-state index in [1.165, 1.54) is 30.5 Å². The van der Waals surface area contributed by atoms with Crippen molar-refractivity contribution in [1.82, 2.24) is 4.98 Å². The lowest BCUT2D eigenvalue weighted by Crippen LogP contribution is -2.51. The third-order valence-electron chi connectivity index (χ3n) is 8.37. The van der Waals surface area contributed by atoms with Gasteiger partial charge in [0.2, 0.25) is 5.91 Å². The number of pyridine rings is 1. The summed E-state index contributed by atoms with van der Waals surface area (Å²) < 4.78 is 0. The van der Waals surface area contributed by atoms with E-state index < -0.39 is 39.9 Å². The van der Waals surface area contributed by atoms with Gasteiger partial charge in [0.05, 0.1) is 16.9 Å². The van der Waals surface area contributed by atoms with Crippen LogP contribution >= 0.6 is 0 Å². The topological polar surface area (TPSA) is 123 Å². The molecule has 200 valence electrons. The van der Waals surface area contributed by atoms with Crippen molar-refractivity contribution in [3.63, 3.8) is 0 Å². The molecular weight excluding hydrogens is 520 g/mol. The lowest BCUT2D eigenvalue weighted by molar-refractivity contribution is -0.384. The van der Waals surface area contributed by atoms with Crippen LogP contribution < -0.4 is 10.2 Å². The molecule has 1 amide bonds. The molecule has 4 heterocycles. The van der Waals surface area contributed by atoms with Crippen LogP contribution in [-0.2, 0) is 10.2 Å². The second kappa shape index (κ2) is 9.06. The quantitative estimate of drug-likeness (QED) is 0.217. The Morgan fingerprint density at radius 3 is 2.39 bits per heavy atom. The smallest absolute Gasteiger partial charge is 0.269 e. The first-order valence-electron chi connectivity index (χ1n) is 13.1.